The van der Waals surface area contributed by atoms with Crippen molar-refractivity contribution >= 4 is 29.2 Å². The highest BCUT2D eigenvalue weighted by Gasteiger charge is 2.25. The van der Waals surface area contributed by atoms with E-state index >= 15 is 0 Å². The highest BCUT2D eigenvalue weighted by molar-refractivity contribution is 8.03. The Bertz CT molecular complexity index is 2390. The molecule has 0 N–H and O–H groups in total. The van der Waals surface area contributed by atoms with Crippen LogP contribution in [0.5, 0.6) is 0 Å². The average Bonchev–Trinajstić information content (AvgIpc) is 4.33. The molecule has 0 amide bonds. The van der Waals surface area contributed by atoms with Crippen molar-refractivity contribution in [3.8, 4) is 0 Å². The second-order valence-electron chi connectivity index (χ2n) is 29.8. The molecule has 3 nitrogen and oxygen atoms in total. The summed E-state index contributed by atoms with van der Waals surface area (Å²) in [5, 5.41) is 5.42. The molecule has 0 bridgehead atoms. The van der Waals surface area contributed by atoms with Crippen LogP contribution in [0.2, 0.25) is 0 Å². The molecule has 5 aromatic rings. The number of hydrogen-bond donors (Lipinski definition) is 0. The molecule has 2 unspecified atom stereocenters. The molecular weight excluding hydrogens is 1080 g/mol. The Balaban J connectivity index is 0.000000516. The third-order valence-electron chi connectivity index (χ3n) is 15.4. The van der Waals surface area contributed by atoms with E-state index in [2.05, 4.69) is 249 Å². The van der Waals surface area contributed by atoms with Crippen molar-refractivity contribution in [1.82, 2.24) is 4.98 Å². The van der Waals surface area contributed by atoms with Crippen LogP contribution in [0.3, 0.4) is 0 Å². The lowest BCUT2D eigenvalue weighted by Gasteiger charge is -2.22. The summed E-state index contributed by atoms with van der Waals surface area (Å²) in [5.41, 5.74) is 11.4. The van der Waals surface area contributed by atoms with E-state index in [1.54, 1.807) is 10.4 Å². The highest BCUT2D eigenvalue weighted by Crippen LogP contribution is 2.38. The number of hydrogen-bond acceptors (Lipinski definition) is 5. The van der Waals surface area contributed by atoms with Gasteiger partial charge in [-0.3, -0.25) is 4.98 Å². The maximum atomic E-state index is 5.51. The van der Waals surface area contributed by atoms with E-state index in [4.69, 9.17) is 8.83 Å². The summed E-state index contributed by atoms with van der Waals surface area (Å²) in [5.74, 6) is 11.0. The van der Waals surface area contributed by atoms with Gasteiger partial charge in [0.2, 0.25) is 0 Å². The fraction of sp³-hybridized carbons (Fsp3) is 0.667. The van der Waals surface area contributed by atoms with E-state index < -0.39 is 0 Å². The summed E-state index contributed by atoms with van der Waals surface area (Å²) in [4.78, 5) is 6.12. The van der Waals surface area contributed by atoms with Gasteiger partial charge < -0.3 is 8.83 Å². The second kappa shape index (κ2) is 46.5. The van der Waals surface area contributed by atoms with Crippen LogP contribution in [0, 0.1) is 71.0 Å². The van der Waals surface area contributed by atoms with Crippen molar-refractivity contribution in [3.63, 3.8) is 0 Å². The van der Waals surface area contributed by atoms with Gasteiger partial charge in [-0.25, -0.2) is 0 Å². The first-order chi connectivity index (χ1) is 40.6. The first kappa shape index (κ1) is 80.5. The Morgan fingerprint density at radius 3 is 1.63 bits per heavy atom. The number of allylic oxidation sites excluding steroid dienone is 2. The zero-order chi connectivity index (χ0) is 64.7. The lowest BCUT2D eigenvalue weighted by Crippen LogP contribution is -2.17. The molecule has 1 aromatic carbocycles. The molecule has 1 aliphatic heterocycles. The predicted octanol–water partition coefficient (Wildman–Crippen LogP) is 26.1. The molecule has 0 saturated heterocycles. The molecule has 6 rings (SSSR count). The van der Waals surface area contributed by atoms with Gasteiger partial charge in [0.25, 0.3) is 0 Å². The van der Waals surface area contributed by atoms with Crippen molar-refractivity contribution in [3.05, 3.63) is 152 Å². The summed E-state index contributed by atoms with van der Waals surface area (Å²) in [6.45, 7) is 54.5. The minimum atomic E-state index is 0.586. The number of aryl methyl sites for hydroxylation is 4. The van der Waals surface area contributed by atoms with Crippen LogP contribution >= 0.6 is 23.1 Å². The number of thiophene rings is 1. The summed E-state index contributed by atoms with van der Waals surface area (Å²) in [6.07, 6.45) is 34.4. The van der Waals surface area contributed by atoms with Gasteiger partial charge in [0.15, 0.2) is 0 Å². The number of rotatable bonds is 29. The third-order valence-corrected chi connectivity index (χ3v) is 17.6. The molecule has 86 heavy (non-hydrogen) atoms. The standard InChI is InChI=1S/C15H22.C14H23N.2C13H22O.C13H22S.C13H24S/c1-12(2)9-10-14-7-5-6-8-15(14)11-13(3)4;1-11(2)7-8-14-13(10-12(3)4)6-5-9-15-14;1-10(2)5-6-12-7-8-14-13(12)9-11(3)4;1-10(2)6-5-7-12-8-14-9-13(12)11(3)4;1-10(2)5-6-12-7-8-14-13(12)9-11(3)4;1-10(2)6-5-7-13-12(11(3)4)8-9-14-13/h5-10,12-13H,11H2,1-4H3;5-6,9,11-12H,7-8,10H2,1-4H3;7-8,10-11H,5-6,9H2,1-4H3;8-11H,5-7H2,1-4H3;7-8,10-11H,5-6,9H2,1-4H3;8-13H,5-7H2,1-4H3/b10-9+;;;;;. The average molecular weight is 1220 g/mol. The Morgan fingerprint density at radius 1 is 0.500 bits per heavy atom. The number of benzene rings is 1. The van der Waals surface area contributed by atoms with Crippen molar-refractivity contribution in [2.24, 2.45) is 71.0 Å². The van der Waals surface area contributed by atoms with Gasteiger partial charge in [-0.2, -0.15) is 0 Å². The normalized spacial score (nSPS) is 14.0. The zero-order valence-corrected chi connectivity index (χ0v) is 61.9. The molecule has 0 radical (unpaired) electrons. The van der Waals surface area contributed by atoms with Gasteiger partial charge in [0, 0.05) is 28.4 Å². The summed E-state index contributed by atoms with van der Waals surface area (Å²) in [6, 6.07) is 17.4. The predicted molar refractivity (Wildman–Crippen MR) is 389 cm³/mol. The van der Waals surface area contributed by atoms with Crippen LogP contribution in [0.25, 0.3) is 6.08 Å². The van der Waals surface area contributed by atoms with E-state index in [1.165, 1.54) is 122 Å². The molecule has 1 aliphatic rings. The maximum Gasteiger partial charge on any atom is 0.107 e. The largest absolute Gasteiger partial charge is 0.472 e. The Labute approximate surface area is 542 Å². The Hall–Kier alpha value is -3.54. The minimum absolute atomic E-state index is 0.586. The molecule has 5 heterocycles. The van der Waals surface area contributed by atoms with Crippen LogP contribution in [-0.2, 0) is 51.4 Å². The van der Waals surface area contributed by atoms with Gasteiger partial charge in [0.05, 0.1) is 18.8 Å². The number of pyridine rings is 1. The van der Waals surface area contributed by atoms with Crippen LogP contribution in [0.1, 0.15) is 279 Å². The van der Waals surface area contributed by atoms with Crippen LogP contribution < -0.4 is 0 Å². The van der Waals surface area contributed by atoms with Gasteiger partial charge in [-0.05, 0) is 222 Å². The third kappa shape index (κ3) is 38.8. The van der Waals surface area contributed by atoms with E-state index in [0.717, 1.165) is 84.2 Å². The van der Waals surface area contributed by atoms with E-state index in [0.29, 0.717) is 23.7 Å². The number of aromatic nitrogens is 1. The van der Waals surface area contributed by atoms with Gasteiger partial charge in [-0.15, -0.1) is 23.1 Å². The van der Waals surface area contributed by atoms with E-state index in [-0.39, 0.29) is 0 Å². The SMILES string of the molecule is CC(C)/C=C/c1ccccc1CC(C)C.CC(C)CCCC1SC=CC1C(C)C.CC(C)CCCc1cocc1C(C)C.CC(C)CCc1ccoc1CC(C)C.CC(C)CCc1ccsc1CC(C)C.CC(C)CCc1ncccc1CC(C)C. The van der Waals surface area contributed by atoms with Gasteiger partial charge in [0.1, 0.15) is 5.76 Å². The Morgan fingerprint density at radius 2 is 1.06 bits per heavy atom. The Kier molecular flexibility index (Phi) is 43.5. The summed E-state index contributed by atoms with van der Waals surface area (Å²) >= 11 is 3.98. The fourth-order valence-electron chi connectivity index (χ4n) is 10.4. The van der Waals surface area contributed by atoms with Crippen molar-refractivity contribution < 1.29 is 8.83 Å². The lowest BCUT2D eigenvalue weighted by molar-refractivity contribution is 0.422. The monoisotopic (exact) mass is 1220 g/mol. The number of nitrogens with zero attached hydrogens (tertiary/aromatic N) is 1. The summed E-state index contributed by atoms with van der Waals surface area (Å²) < 4.78 is 10.8. The second-order valence-corrected chi connectivity index (χ2v) is 31.9. The quantitative estimate of drug-likeness (QED) is 0.0478. The zero-order valence-electron chi connectivity index (χ0n) is 60.3. The summed E-state index contributed by atoms with van der Waals surface area (Å²) in [7, 11) is 0. The maximum absolute atomic E-state index is 5.51. The smallest absolute Gasteiger partial charge is 0.107 e. The molecule has 5 heteroatoms. The first-order valence-electron chi connectivity index (χ1n) is 34.8. The lowest BCUT2D eigenvalue weighted by atomic mass is 9.89. The highest BCUT2D eigenvalue weighted by atomic mass is 32.2. The van der Waals surface area contributed by atoms with Gasteiger partial charge >= 0.3 is 0 Å². The van der Waals surface area contributed by atoms with Crippen LogP contribution in [0.15, 0.2) is 105 Å². The van der Waals surface area contributed by atoms with E-state index in [9.17, 15) is 0 Å². The van der Waals surface area contributed by atoms with Crippen molar-refractivity contribution in [2.75, 3.05) is 0 Å². The van der Waals surface area contributed by atoms with Crippen molar-refractivity contribution in [2.45, 2.75) is 280 Å². The fourth-order valence-corrected chi connectivity index (χ4v) is 12.9. The number of furan rings is 2. The molecule has 2 atom stereocenters. The molecule has 0 aliphatic carbocycles. The minimum Gasteiger partial charge on any atom is -0.472 e. The topological polar surface area (TPSA) is 39.2 Å². The van der Waals surface area contributed by atoms with Crippen LogP contribution in [-0.4, -0.2) is 10.2 Å². The van der Waals surface area contributed by atoms with Crippen molar-refractivity contribution in [1.29, 1.82) is 0 Å². The molecule has 0 spiro atoms. The molecule has 4 aromatic heterocycles. The van der Waals surface area contributed by atoms with Gasteiger partial charge in [-0.1, -0.05) is 234 Å². The number of thioether (sulfide) groups is 1. The molecule has 0 saturated carbocycles. The molecule has 0 fully saturated rings. The first-order valence-corrected chi connectivity index (χ1v) is 36.6. The van der Waals surface area contributed by atoms with Crippen LogP contribution in [0.4, 0.5) is 0 Å². The molecular formula is C81H135NO2S2. The van der Waals surface area contributed by atoms with E-state index in [1.807, 2.05) is 48.1 Å². The molecule has 488 valence electrons.